The lowest BCUT2D eigenvalue weighted by molar-refractivity contribution is 0.0601. The Morgan fingerprint density at radius 2 is 2.08 bits per heavy atom. The maximum Gasteiger partial charge on any atom is 0.178 e. The summed E-state index contributed by atoms with van der Waals surface area (Å²) in [5.41, 5.74) is 0. The molecule has 1 rings (SSSR count). The van der Waals surface area contributed by atoms with Crippen molar-refractivity contribution < 1.29 is 9.47 Å². The van der Waals surface area contributed by atoms with Crippen LogP contribution in [0.5, 0.6) is 0 Å². The van der Waals surface area contributed by atoms with Gasteiger partial charge in [-0.1, -0.05) is 19.2 Å². The van der Waals surface area contributed by atoms with E-state index in [0.717, 1.165) is 0 Å². The van der Waals surface area contributed by atoms with Gasteiger partial charge < -0.3 is 9.47 Å². The van der Waals surface area contributed by atoms with Crippen LogP contribution in [0.3, 0.4) is 0 Å². The van der Waals surface area contributed by atoms with Crippen LogP contribution < -0.4 is 0 Å². The van der Waals surface area contributed by atoms with Gasteiger partial charge in [0.25, 0.3) is 0 Å². The normalized spacial score (nSPS) is 20.7. The number of hydrogen-bond acceptors (Lipinski definition) is 3. The molecule has 3 nitrogen and oxygen atoms in total. The minimum atomic E-state index is 0.530. The van der Waals surface area contributed by atoms with E-state index in [1.807, 2.05) is 0 Å². The van der Waals surface area contributed by atoms with E-state index in [2.05, 4.69) is 18.2 Å². The largest absolute Gasteiger partial charge is 0.487 e. The van der Waals surface area contributed by atoms with Crippen LogP contribution in [0.4, 0.5) is 0 Å². The third kappa shape index (κ3) is 2.27. The smallest absolute Gasteiger partial charge is 0.178 e. The Morgan fingerprint density at radius 3 is 2.75 bits per heavy atom. The fourth-order valence-corrected chi connectivity index (χ4v) is 0.749. The lowest BCUT2D eigenvalue weighted by atomic mass is 10.4. The Bertz CT molecular complexity index is 241. The van der Waals surface area contributed by atoms with Gasteiger partial charge in [-0.05, 0) is 0 Å². The van der Waals surface area contributed by atoms with Gasteiger partial charge in [0.1, 0.15) is 13.2 Å². The maximum atomic E-state index is 5.23. The summed E-state index contributed by atoms with van der Waals surface area (Å²) in [7, 11) is 0. The van der Waals surface area contributed by atoms with Crippen molar-refractivity contribution in [2.75, 3.05) is 13.2 Å². The summed E-state index contributed by atoms with van der Waals surface area (Å²) in [6.45, 7) is 8.26. The molecular weight excluding hydrogens is 154 g/mol. The van der Waals surface area contributed by atoms with Crippen LogP contribution in [0.2, 0.25) is 0 Å². The fourth-order valence-electron chi connectivity index (χ4n) is 0.749. The van der Waals surface area contributed by atoms with Gasteiger partial charge in [0, 0.05) is 6.21 Å². The number of allylic oxidation sites excluding steroid dienone is 1. The first-order chi connectivity index (χ1) is 5.84. The second kappa shape index (κ2) is 4.38. The topological polar surface area (TPSA) is 30.8 Å². The molecule has 1 aliphatic heterocycles. The predicted octanol–water partition coefficient (Wildman–Crippen LogP) is 1.65. The molecule has 0 spiro atoms. The lowest BCUT2D eigenvalue weighted by Crippen LogP contribution is -2.12. The van der Waals surface area contributed by atoms with Gasteiger partial charge >= 0.3 is 0 Å². The number of ether oxygens (including phenoxy) is 2. The minimum Gasteiger partial charge on any atom is -0.487 e. The lowest BCUT2D eigenvalue weighted by Gasteiger charge is -2.18. The summed E-state index contributed by atoms with van der Waals surface area (Å²) in [5, 5.41) is 0. The van der Waals surface area contributed by atoms with Gasteiger partial charge in [0.2, 0.25) is 0 Å². The first kappa shape index (κ1) is 8.59. The van der Waals surface area contributed by atoms with E-state index in [9.17, 15) is 0 Å². The molecule has 0 amide bonds. The van der Waals surface area contributed by atoms with E-state index in [4.69, 9.17) is 9.47 Å². The predicted molar refractivity (Wildman–Crippen MR) is 47.8 cm³/mol. The molecule has 0 aromatic rings. The van der Waals surface area contributed by atoms with Gasteiger partial charge in [-0.15, -0.1) is 0 Å². The molecule has 64 valence electrons. The zero-order valence-corrected chi connectivity index (χ0v) is 6.82. The average molecular weight is 165 g/mol. The molecule has 0 atom stereocenters. The van der Waals surface area contributed by atoms with Crippen molar-refractivity contribution in [2.24, 2.45) is 4.99 Å². The zero-order chi connectivity index (χ0) is 8.81. The summed E-state index contributed by atoms with van der Waals surface area (Å²) in [6.07, 6.45) is 4.71. The molecule has 1 heterocycles. The molecule has 1 saturated heterocycles. The van der Waals surface area contributed by atoms with Crippen molar-refractivity contribution in [3.05, 3.63) is 37.0 Å². The van der Waals surface area contributed by atoms with Crippen LogP contribution >= 0.6 is 0 Å². The molecular formula is C9H11NO2. The third-order valence-corrected chi connectivity index (χ3v) is 1.28. The molecule has 0 aromatic heterocycles. The molecule has 0 bridgehead atoms. The van der Waals surface area contributed by atoms with Gasteiger partial charge in [0.05, 0.1) is 6.20 Å². The third-order valence-electron chi connectivity index (χ3n) is 1.28. The Morgan fingerprint density at radius 1 is 1.33 bits per heavy atom. The number of nitrogens with zero attached hydrogens (tertiary/aromatic N) is 1. The van der Waals surface area contributed by atoms with E-state index in [-0.39, 0.29) is 0 Å². The molecule has 0 aliphatic carbocycles. The number of aliphatic imine (C=N–C) groups is 1. The van der Waals surface area contributed by atoms with Gasteiger partial charge in [-0.2, -0.15) is 0 Å². The highest BCUT2D eigenvalue weighted by Gasteiger charge is 2.10. The fraction of sp³-hybridized carbons (Fsp3) is 0.222. The van der Waals surface area contributed by atoms with Crippen molar-refractivity contribution in [3.8, 4) is 0 Å². The van der Waals surface area contributed by atoms with Crippen LogP contribution in [-0.2, 0) is 9.47 Å². The van der Waals surface area contributed by atoms with Gasteiger partial charge in [0.15, 0.2) is 11.5 Å². The Hall–Kier alpha value is -1.51. The zero-order valence-electron chi connectivity index (χ0n) is 6.82. The molecule has 1 fully saturated rings. The highest BCUT2D eigenvalue weighted by molar-refractivity contribution is 5.70. The van der Waals surface area contributed by atoms with Crippen molar-refractivity contribution >= 4 is 6.21 Å². The van der Waals surface area contributed by atoms with E-state index in [1.54, 1.807) is 18.5 Å². The number of rotatable bonds is 2. The van der Waals surface area contributed by atoms with Crippen molar-refractivity contribution in [1.29, 1.82) is 0 Å². The van der Waals surface area contributed by atoms with Crippen LogP contribution in [0.25, 0.3) is 0 Å². The Labute approximate surface area is 71.7 Å². The maximum absolute atomic E-state index is 5.23. The second-order valence-electron chi connectivity index (χ2n) is 2.15. The molecule has 0 radical (unpaired) electrons. The quantitative estimate of drug-likeness (QED) is 0.582. The minimum absolute atomic E-state index is 0.530. The highest BCUT2D eigenvalue weighted by atomic mass is 16.6. The van der Waals surface area contributed by atoms with Crippen molar-refractivity contribution in [3.63, 3.8) is 0 Å². The Kier molecular flexibility index (Phi) is 3.14. The summed E-state index contributed by atoms with van der Waals surface area (Å²) in [5.74, 6) is 1.11. The van der Waals surface area contributed by atoms with Crippen LogP contribution in [0, 0.1) is 0 Å². The van der Waals surface area contributed by atoms with Gasteiger partial charge in [-0.25, -0.2) is 0 Å². The summed E-state index contributed by atoms with van der Waals surface area (Å²) >= 11 is 0. The monoisotopic (exact) mass is 165 g/mol. The molecule has 0 saturated carbocycles. The summed E-state index contributed by atoms with van der Waals surface area (Å²) in [6, 6.07) is 0. The number of hydrogen-bond donors (Lipinski definition) is 0. The standard InChI is InChI=1S/C9H11NO2/c1-3-4-10-7-9-8(2)11-5-6-12-9/h3-4,7H,1-2,5-6H2/b9-7+,10-4-. The second-order valence-corrected chi connectivity index (χ2v) is 2.15. The van der Waals surface area contributed by atoms with E-state index in [0.29, 0.717) is 24.7 Å². The molecule has 0 aromatic carbocycles. The van der Waals surface area contributed by atoms with E-state index in [1.165, 1.54) is 0 Å². The van der Waals surface area contributed by atoms with E-state index < -0.39 is 0 Å². The van der Waals surface area contributed by atoms with E-state index >= 15 is 0 Å². The Balaban J connectivity index is 2.58. The highest BCUT2D eigenvalue weighted by Crippen LogP contribution is 2.15. The molecule has 0 unspecified atom stereocenters. The van der Waals surface area contributed by atoms with Gasteiger partial charge in [-0.3, -0.25) is 4.99 Å². The summed E-state index contributed by atoms with van der Waals surface area (Å²) < 4.78 is 10.4. The molecule has 1 aliphatic rings. The SMILES string of the molecule is C=C/C=N\C=C1\OCCOC1=C. The molecule has 0 N–H and O–H groups in total. The van der Waals surface area contributed by atoms with Crippen LogP contribution in [0.1, 0.15) is 0 Å². The van der Waals surface area contributed by atoms with Crippen molar-refractivity contribution in [2.45, 2.75) is 0 Å². The average Bonchev–Trinajstić information content (AvgIpc) is 2.09. The van der Waals surface area contributed by atoms with Crippen LogP contribution in [0.15, 0.2) is 41.9 Å². The molecule has 12 heavy (non-hydrogen) atoms. The molecule has 3 heteroatoms. The summed E-state index contributed by atoms with van der Waals surface area (Å²) in [4.78, 5) is 3.89. The van der Waals surface area contributed by atoms with Crippen LogP contribution in [-0.4, -0.2) is 19.4 Å². The first-order valence-electron chi connectivity index (χ1n) is 3.64. The van der Waals surface area contributed by atoms with Crippen molar-refractivity contribution in [1.82, 2.24) is 0 Å². The first-order valence-corrected chi connectivity index (χ1v) is 3.64.